The van der Waals surface area contributed by atoms with Crippen LogP contribution in [0.1, 0.15) is 22.3 Å². The number of hydrogen-bond acceptors (Lipinski definition) is 0. The van der Waals surface area contributed by atoms with Crippen molar-refractivity contribution in [1.29, 1.82) is 0 Å². The summed E-state index contributed by atoms with van der Waals surface area (Å²) < 4.78 is 0. The zero-order valence-electron chi connectivity index (χ0n) is 21.6. The van der Waals surface area contributed by atoms with Crippen LogP contribution in [0.3, 0.4) is 0 Å². The van der Waals surface area contributed by atoms with Crippen LogP contribution in [0.4, 0.5) is 0 Å². The fourth-order valence-corrected chi connectivity index (χ4v) is 4.92. The maximum atomic E-state index is 4.93. The van der Waals surface area contributed by atoms with Crippen molar-refractivity contribution in [2.24, 2.45) is 0 Å². The molecule has 37 heavy (non-hydrogen) atoms. The predicted octanol–water partition coefficient (Wildman–Crippen LogP) is 11.1. The van der Waals surface area contributed by atoms with Gasteiger partial charge in [0.15, 0.2) is 0 Å². The van der Waals surface area contributed by atoms with Crippen molar-refractivity contribution in [3.63, 3.8) is 0 Å². The molecule has 0 radical (unpaired) electrons. The zero-order chi connectivity index (χ0) is 26.4. The maximum absolute atomic E-state index is 4.93. The van der Waals surface area contributed by atoms with Crippen molar-refractivity contribution in [1.82, 2.24) is 0 Å². The van der Waals surface area contributed by atoms with E-state index in [0.29, 0.717) is 0 Å². The Morgan fingerprint density at radius 2 is 0.811 bits per heavy atom. The Balaban J connectivity index is 0.000000157. The molecule has 0 nitrogen and oxygen atoms in total. The zero-order valence-corrected chi connectivity index (χ0v) is 25.6. The molecule has 0 heterocycles. The van der Waals surface area contributed by atoms with Gasteiger partial charge in [-0.25, -0.2) is 0 Å². The third kappa shape index (κ3) is 7.32. The molecule has 0 unspecified atom stereocenters. The molecule has 0 aromatic heterocycles. The van der Waals surface area contributed by atoms with Gasteiger partial charge in [0.2, 0.25) is 0 Å². The van der Waals surface area contributed by atoms with Gasteiger partial charge >= 0.3 is 37.9 Å². The third-order valence-electron chi connectivity index (χ3n) is 6.35. The molecular weight excluding hydrogens is 571 g/mol. The first-order chi connectivity index (χ1) is 17.9. The quantitative estimate of drug-likeness (QED) is 0.174. The van der Waals surface area contributed by atoms with Crippen LogP contribution in [0.5, 0.6) is 0 Å². The van der Waals surface area contributed by atoms with Crippen LogP contribution < -0.4 is 0 Å². The standard InChI is InChI=1S/2C17H15.2ClH.Zr/c2*1-12-7-13(2)9-16(8-12)17-10-14-5-3-4-6-15(14)11-17;;;/h2*3-11H,1-2H3;2*1H;/q2*-1;;;+4/p-2. The van der Waals surface area contributed by atoms with Gasteiger partial charge in [0.1, 0.15) is 0 Å². The first-order valence-electron chi connectivity index (χ1n) is 12.3. The molecule has 0 atom stereocenters. The number of rotatable bonds is 2. The summed E-state index contributed by atoms with van der Waals surface area (Å²) in [5, 5.41) is 5.28. The molecule has 0 bridgehead atoms. The van der Waals surface area contributed by atoms with E-state index in [4.69, 9.17) is 17.0 Å². The molecule has 0 spiro atoms. The molecule has 0 fully saturated rings. The Kier molecular flexibility index (Phi) is 9.61. The number of fused-ring (bicyclic) bond motifs is 2. The van der Waals surface area contributed by atoms with Crippen LogP contribution in [-0.4, -0.2) is 0 Å². The molecule has 0 saturated heterocycles. The summed E-state index contributed by atoms with van der Waals surface area (Å²) >= 11 is -0.826. The van der Waals surface area contributed by atoms with Gasteiger partial charge in [0.05, 0.1) is 0 Å². The second kappa shape index (κ2) is 12.9. The van der Waals surface area contributed by atoms with Crippen molar-refractivity contribution < 1.29 is 20.8 Å². The van der Waals surface area contributed by atoms with Gasteiger partial charge in [-0.3, -0.25) is 0 Å². The minimum atomic E-state index is -0.826. The Hall–Kier alpha value is -2.44. The molecule has 184 valence electrons. The molecule has 0 saturated carbocycles. The molecule has 6 rings (SSSR count). The Morgan fingerprint density at radius 1 is 0.486 bits per heavy atom. The molecule has 0 N–H and O–H groups in total. The van der Waals surface area contributed by atoms with Crippen molar-refractivity contribution in [3.05, 3.63) is 131 Å². The van der Waals surface area contributed by atoms with Gasteiger partial charge in [-0.2, -0.15) is 0 Å². The number of aryl methyl sites for hydroxylation is 4. The van der Waals surface area contributed by atoms with Crippen LogP contribution in [0.25, 0.3) is 43.8 Å². The summed E-state index contributed by atoms with van der Waals surface area (Å²) in [6.45, 7) is 8.61. The molecule has 0 aliphatic carbocycles. The van der Waals surface area contributed by atoms with Crippen LogP contribution in [-0.2, 0) is 20.8 Å². The molecular formula is C34H30Cl2Zr. The van der Waals surface area contributed by atoms with E-state index in [1.54, 1.807) is 0 Å². The summed E-state index contributed by atoms with van der Waals surface area (Å²) in [5.74, 6) is 0. The van der Waals surface area contributed by atoms with E-state index in [1.807, 2.05) is 0 Å². The fraction of sp³-hybridized carbons (Fsp3) is 0.118. The second-order valence-corrected chi connectivity index (χ2v) is 13.3. The van der Waals surface area contributed by atoms with E-state index < -0.39 is 20.8 Å². The van der Waals surface area contributed by atoms with Gasteiger partial charge in [-0.15, -0.1) is 69.1 Å². The van der Waals surface area contributed by atoms with Crippen LogP contribution in [0.15, 0.2) is 109 Å². The van der Waals surface area contributed by atoms with Crippen LogP contribution in [0, 0.1) is 27.7 Å². The Labute approximate surface area is 239 Å². The molecule has 3 heteroatoms. The van der Waals surface area contributed by atoms with E-state index in [2.05, 4.69) is 137 Å². The fourth-order valence-electron chi connectivity index (χ4n) is 4.92. The normalized spacial score (nSPS) is 10.3. The second-order valence-electron chi connectivity index (χ2n) is 9.57. The summed E-state index contributed by atoms with van der Waals surface area (Å²) in [4.78, 5) is 0. The summed E-state index contributed by atoms with van der Waals surface area (Å²) in [5.41, 5.74) is 10.6. The van der Waals surface area contributed by atoms with Crippen molar-refractivity contribution in [3.8, 4) is 22.3 Å². The van der Waals surface area contributed by atoms with E-state index in [0.717, 1.165) is 0 Å². The number of hydrogen-bond donors (Lipinski definition) is 0. The van der Waals surface area contributed by atoms with Gasteiger partial charge in [0, 0.05) is 0 Å². The molecule has 0 aliphatic rings. The molecule has 0 aliphatic heterocycles. The van der Waals surface area contributed by atoms with E-state index in [-0.39, 0.29) is 0 Å². The van der Waals surface area contributed by atoms with Crippen molar-refractivity contribution in [2.45, 2.75) is 27.7 Å². The summed E-state index contributed by atoms with van der Waals surface area (Å²) in [7, 11) is 9.87. The Bertz CT molecular complexity index is 1390. The average Bonchev–Trinajstić information content (AvgIpc) is 3.48. The van der Waals surface area contributed by atoms with E-state index in [1.165, 1.54) is 66.1 Å². The Morgan fingerprint density at radius 3 is 1.14 bits per heavy atom. The predicted molar refractivity (Wildman–Crippen MR) is 161 cm³/mol. The topological polar surface area (TPSA) is 0 Å². The van der Waals surface area contributed by atoms with E-state index >= 15 is 0 Å². The molecule has 6 aromatic carbocycles. The van der Waals surface area contributed by atoms with E-state index in [9.17, 15) is 0 Å². The molecule has 0 amide bonds. The number of halogens is 2. The van der Waals surface area contributed by atoms with Gasteiger partial charge < -0.3 is 0 Å². The minimum absolute atomic E-state index is 0.826. The van der Waals surface area contributed by atoms with Crippen LogP contribution in [0.2, 0.25) is 0 Å². The summed E-state index contributed by atoms with van der Waals surface area (Å²) in [6, 6.07) is 39.5. The third-order valence-corrected chi connectivity index (χ3v) is 6.35. The van der Waals surface area contributed by atoms with Crippen molar-refractivity contribution >= 4 is 38.6 Å². The van der Waals surface area contributed by atoms with Gasteiger partial charge in [-0.05, 0) is 27.7 Å². The van der Waals surface area contributed by atoms with Gasteiger partial charge in [-0.1, -0.05) is 106 Å². The van der Waals surface area contributed by atoms with Gasteiger partial charge in [0.25, 0.3) is 0 Å². The first-order valence-corrected chi connectivity index (χ1v) is 18.6. The summed E-state index contributed by atoms with van der Waals surface area (Å²) in [6.07, 6.45) is 0. The number of benzene rings is 4. The average molecular weight is 601 g/mol. The first kappa shape index (κ1) is 27.6. The van der Waals surface area contributed by atoms with Crippen molar-refractivity contribution in [2.75, 3.05) is 0 Å². The van der Waals surface area contributed by atoms with Crippen LogP contribution >= 0.6 is 17.0 Å². The molecule has 6 aromatic rings. The SMILES string of the molecule is Cc1cc(C)cc(-c2cc3ccccc3[cH-]2)c1.Cc1cc(C)cc(-c2cc3ccccc3[cH-]2)c1.[Cl][Zr+2][Cl]. The monoisotopic (exact) mass is 598 g/mol.